The highest BCUT2D eigenvalue weighted by Crippen LogP contribution is 2.34. The predicted octanol–water partition coefficient (Wildman–Crippen LogP) is 0.173. The molecule has 1 amide bonds. The first-order valence-corrected chi connectivity index (χ1v) is 8.51. The van der Waals surface area contributed by atoms with E-state index in [1.165, 1.54) is 6.26 Å². The van der Waals surface area contributed by atoms with Gasteiger partial charge < -0.3 is 10.6 Å². The summed E-state index contributed by atoms with van der Waals surface area (Å²) in [7, 11) is -2.94. The molecule has 1 heterocycles. The Morgan fingerprint density at radius 3 is 2.56 bits per heavy atom. The molecule has 0 saturated carbocycles. The van der Waals surface area contributed by atoms with Crippen LogP contribution >= 0.6 is 0 Å². The van der Waals surface area contributed by atoms with E-state index in [1.54, 1.807) is 0 Å². The number of sulfone groups is 1. The SMILES string of the molecule is CC(C)C1(C(=O)NCCCS(C)(=O)=O)CCNC1. The second kappa shape index (κ2) is 6.02. The molecule has 1 aliphatic rings. The van der Waals surface area contributed by atoms with E-state index in [0.717, 1.165) is 13.0 Å². The van der Waals surface area contributed by atoms with Gasteiger partial charge in [-0.1, -0.05) is 13.8 Å². The molecular formula is C12H24N2O3S. The summed E-state index contributed by atoms with van der Waals surface area (Å²) in [5.74, 6) is 0.457. The summed E-state index contributed by atoms with van der Waals surface area (Å²) in [6.07, 6.45) is 2.54. The van der Waals surface area contributed by atoms with E-state index >= 15 is 0 Å². The summed E-state index contributed by atoms with van der Waals surface area (Å²) >= 11 is 0. The summed E-state index contributed by atoms with van der Waals surface area (Å²) in [5.41, 5.74) is -0.328. The van der Waals surface area contributed by atoms with E-state index in [9.17, 15) is 13.2 Å². The Balaban J connectivity index is 2.44. The highest BCUT2D eigenvalue weighted by atomic mass is 32.2. The first kappa shape index (κ1) is 15.4. The van der Waals surface area contributed by atoms with Crippen molar-refractivity contribution in [2.24, 2.45) is 11.3 Å². The minimum Gasteiger partial charge on any atom is -0.356 e. The zero-order valence-electron chi connectivity index (χ0n) is 11.5. The van der Waals surface area contributed by atoms with Crippen molar-refractivity contribution in [3.05, 3.63) is 0 Å². The molecule has 1 rings (SSSR count). The minimum absolute atomic E-state index is 0.0519. The highest BCUT2D eigenvalue weighted by Gasteiger charge is 2.43. The van der Waals surface area contributed by atoms with Gasteiger partial charge in [-0.25, -0.2) is 8.42 Å². The molecule has 1 atom stereocenters. The Morgan fingerprint density at radius 1 is 1.44 bits per heavy atom. The zero-order valence-corrected chi connectivity index (χ0v) is 12.3. The molecule has 1 saturated heterocycles. The Hall–Kier alpha value is -0.620. The molecule has 0 spiro atoms. The van der Waals surface area contributed by atoms with Gasteiger partial charge in [-0.2, -0.15) is 0 Å². The van der Waals surface area contributed by atoms with Crippen LogP contribution in [0.25, 0.3) is 0 Å². The standard InChI is InChI=1S/C12H24N2O3S/c1-10(2)12(5-7-13-9-12)11(15)14-6-4-8-18(3,16)17/h10,13H,4-9H2,1-3H3,(H,14,15). The van der Waals surface area contributed by atoms with Crippen LogP contribution in [0.5, 0.6) is 0 Å². The molecule has 1 fully saturated rings. The zero-order chi connectivity index (χ0) is 13.8. The molecule has 0 aromatic heterocycles. The number of nitrogens with one attached hydrogen (secondary N) is 2. The third-order valence-corrected chi connectivity index (χ3v) is 4.75. The van der Waals surface area contributed by atoms with Crippen molar-refractivity contribution in [2.75, 3.05) is 31.6 Å². The summed E-state index contributed by atoms with van der Waals surface area (Å²) < 4.78 is 22.0. The van der Waals surface area contributed by atoms with Crippen LogP contribution < -0.4 is 10.6 Å². The third-order valence-electron chi connectivity index (χ3n) is 3.72. The molecule has 5 nitrogen and oxygen atoms in total. The molecule has 0 aromatic rings. The van der Waals surface area contributed by atoms with Crippen LogP contribution in [0.1, 0.15) is 26.7 Å². The van der Waals surface area contributed by atoms with Crippen LogP contribution in [-0.4, -0.2) is 46.0 Å². The van der Waals surface area contributed by atoms with Crippen LogP contribution in [0.4, 0.5) is 0 Å². The molecule has 0 bridgehead atoms. The van der Waals surface area contributed by atoms with Gasteiger partial charge in [-0.05, 0) is 25.3 Å². The van der Waals surface area contributed by atoms with Crippen LogP contribution in [0.15, 0.2) is 0 Å². The minimum atomic E-state index is -2.94. The summed E-state index contributed by atoms with van der Waals surface area (Å²) in [5, 5.41) is 6.11. The second-order valence-corrected chi connectivity index (χ2v) is 7.74. The van der Waals surface area contributed by atoms with E-state index in [4.69, 9.17) is 0 Å². The van der Waals surface area contributed by atoms with E-state index in [1.807, 2.05) is 0 Å². The number of hydrogen-bond donors (Lipinski definition) is 2. The van der Waals surface area contributed by atoms with Gasteiger partial charge >= 0.3 is 0 Å². The molecule has 2 N–H and O–H groups in total. The molecular weight excluding hydrogens is 252 g/mol. The van der Waals surface area contributed by atoms with Gasteiger partial charge in [0.1, 0.15) is 9.84 Å². The van der Waals surface area contributed by atoms with Crippen molar-refractivity contribution in [1.82, 2.24) is 10.6 Å². The maximum atomic E-state index is 12.2. The smallest absolute Gasteiger partial charge is 0.227 e. The van der Waals surface area contributed by atoms with Crippen molar-refractivity contribution in [3.63, 3.8) is 0 Å². The topological polar surface area (TPSA) is 75.3 Å². The normalized spacial score (nSPS) is 24.4. The highest BCUT2D eigenvalue weighted by molar-refractivity contribution is 7.90. The van der Waals surface area contributed by atoms with E-state index in [2.05, 4.69) is 24.5 Å². The Kier molecular flexibility index (Phi) is 5.16. The molecule has 0 aliphatic carbocycles. The van der Waals surface area contributed by atoms with Crippen molar-refractivity contribution >= 4 is 15.7 Å². The van der Waals surface area contributed by atoms with Gasteiger partial charge in [0, 0.05) is 19.3 Å². The molecule has 1 unspecified atom stereocenters. The van der Waals surface area contributed by atoms with E-state index < -0.39 is 9.84 Å². The van der Waals surface area contributed by atoms with Crippen LogP contribution in [0.3, 0.4) is 0 Å². The lowest BCUT2D eigenvalue weighted by atomic mass is 9.75. The molecule has 0 aromatic carbocycles. The summed E-state index contributed by atoms with van der Waals surface area (Å²) in [6.45, 7) is 6.13. The van der Waals surface area contributed by atoms with Crippen LogP contribution in [-0.2, 0) is 14.6 Å². The van der Waals surface area contributed by atoms with Gasteiger partial charge in [0.05, 0.1) is 11.2 Å². The number of rotatable bonds is 6. The number of amides is 1. The van der Waals surface area contributed by atoms with Gasteiger partial charge in [0.25, 0.3) is 0 Å². The summed E-state index contributed by atoms with van der Waals surface area (Å²) in [4.78, 5) is 12.2. The van der Waals surface area contributed by atoms with E-state index in [-0.39, 0.29) is 23.0 Å². The fourth-order valence-corrected chi connectivity index (χ4v) is 3.04. The van der Waals surface area contributed by atoms with Gasteiger partial charge in [0.15, 0.2) is 0 Å². The molecule has 18 heavy (non-hydrogen) atoms. The fourth-order valence-electron chi connectivity index (χ4n) is 2.37. The van der Waals surface area contributed by atoms with Crippen molar-refractivity contribution in [1.29, 1.82) is 0 Å². The van der Waals surface area contributed by atoms with Crippen LogP contribution in [0.2, 0.25) is 0 Å². The van der Waals surface area contributed by atoms with Crippen molar-refractivity contribution in [3.8, 4) is 0 Å². The van der Waals surface area contributed by atoms with Crippen molar-refractivity contribution < 1.29 is 13.2 Å². The fraction of sp³-hybridized carbons (Fsp3) is 0.917. The predicted molar refractivity (Wildman–Crippen MR) is 72.1 cm³/mol. The monoisotopic (exact) mass is 276 g/mol. The Bertz CT molecular complexity index is 384. The molecule has 0 radical (unpaired) electrons. The average molecular weight is 276 g/mol. The second-order valence-electron chi connectivity index (χ2n) is 5.48. The third kappa shape index (κ3) is 3.95. The first-order valence-electron chi connectivity index (χ1n) is 6.45. The maximum absolute atomic E-state index is 12.2. The largest absolute Gasteiger partial charge is 0.356 e. The average Bonchev–Trinajstić information content (AvgIpc) is 2.72. The quantitative estimate of drug-likeness (QED) is 0.678. The Morgan fingerprint density at radius 2 is 2.11 bits per heavy atom. The first-order chi connectivity index (χ1) is 8.28. The molecule has 106 valence electrons. The van der Waals surface area contributed by atoms with Gasteiger partial charge in [-0.15, -0.1) is 0 Å². The van der Waals surface area contributed by atoms with E-state index in [0.29, 0.717) is 19.5 Å². The number of hydrogen-bond acceptors (Lipinski definition) is 4. The number of carbonyl (C=O) groups excluding carboxylic acids is 1. The van der Waals surface area contributed by atoms with Crippen molar-refractivity contribution in [2.45, 2.75) is 26.7 Å². The Labute approximate surface area is 110 Å². The lowest BCUT2D eigenvalue weighted by Crippen LogP contribution is -2.46. The lowest BCUT2D eigenvalue weighted by Gasteiger charge is -2.31. The summed E-state index contributed by atoms with van der Waals surface area (Å²) in [6, 6.07) is 0. The molecule has 6 heteroatoms. The molecule has 1 aliphatic heterocycles. The van der Waals surface area contributed by atoms with Gasteiger partial charge in [0.2, 0.25) is 5.91 Å². The maximum Gasteiger partial charge on any atom is 0.227 e. The number of carbonyl (C=O) groups is 1. The van der Waals surface area contributed by atoms with Gasteiger partial charge in [-0.3, -0.25) is 4.79 Å². The van der Waals surface area contributed by atoms with Crippen LogP contribution in [0, 0.1) is 11.3 Å². The lowest BCUT2D eigenvalue weighted by molar-refractivity contribution is -0.132.